The zero-order valence-electron chi connectivity index (χ0n) is 9.79. The number of rotatable bonds is 6. The number of nitrogens with one attached hydrogen (secondary N) is 1. The number of aliphatic hydroxyl groups is 1. The highest BCUT2D eigenvalue weighted by Gasteiger charge is 2.13. The molecule has 2 unspecified atom stereocenters. The summed E-state index contributed by atoms with van der Waals surface area (Å²) >= 11 is 11.9. The van der Waals surface area contributed by atoms with Crippen LogP contribution in [0.5, 0.6) is 0 Å². The van der Waals surface area contributed by atoms with Gasteiger partial charge in [-0.25, -0.2) is 0 Å². The zero-order valence-corrected chi connectivity index (χ0v) is 11.3. The second kappa shape index (κ2) is 7.19. The number of nitrogens with two attached hydrogens (primary N) is 1. The van der Waals surface area contributed by atoms with Crippen LogP contribution in [-0.4, -0.2) is 24.3 Å². The third kappa shape index (κ3) is 4.82. The molecular formula is C12H18Cl2N2O. The Labute approximate surface area is 112 Å². The van der Waals surface area contributed by atoms with Gasteiger partial charge in [0.1, 0.15) is 0 Å². The lowest BCUT2D eigenvalue weighted by molar-refractivity contribution is 0.263. The van der Waals surface area contributed by atoms with Crippen LogP contribution in [0.25, 0.3) is 0 Å². The highest BCUT2D eigenvalue weighted by atomic mass is 35.5. The summed E-state index contributed by atoms with van der Waals surface area (Å²) in [5.74, 6) is 0. The van der Waals surface area contributed by atoms with Crippen LogP contribution in [0.2, 0.25) is 10.0 Å². The fourth-order valence-corrected chi connectivity index (χ4v) is 2.24. The molecule has 1 aromatic carbocycles. The van der Waals surface area contributed by atoms with Crippen molar-refractivity contribution in [1.82, 2.24) is 5.32 Å². The molecule has 0 spiro atoms. The van der Waals surface area contributed by atoms with Gasteiger partial charge in [0.2, 0.25) is 0 Å². The number of benzene rings is 1. The van der Waals surface area contributed by atoms with E-state index < -0.39 is 0 Å². The molecule has 0 aliphatic rings. The summed E-state index contributed by atoms with van der Waals surface area (Å²) in [5, 5.41) is 13.4. The van der Waals surface area contributed by atoms with Crippen molar-refractivity contribution in [1.29, 1.82) is 0 Å². The maximum atomic E-state index is 8.87. The molecule has 0 aliphatic carbocycles. The Morgan fingerprint density at radius 1 is 1.29 bits per heavy atom. The van der Waals surface area contributed by atoms with Crippen LogP contribution in [0.4, 0.5) is 0 Å². The van der Waals surface area contributed by atoms with E-state index in [1.165, 1.54) is 0 Å². The topological polar surface area (TPSA) is 58.3 Å². The van der Waals surface area contributed by atoms with Crippen molar-refractivity contribution >= 4 is 23.2 Å². The van der Waals surface area contributed by atoms with Gasteiger partial charge >= 0.3 is 0 Å². The summed E-state index contributed by atoms with van der Waals surface area (Å²) in [7, 11) is 0. The van der Waals surface area contributed by atoms with E-state index in [-0.39, 0.29) is 18.7 Å². The lowest BCUT2D eigenvalue weighted by Gasteiger charge is -2.22. The maximum absolute atomic E-state index is 8.87. The van der Waals surface area contributed by atoms with Crippen LogP contribution in [0.15, 0.2) is 18.2 Å². The van der Waals surface area contributed by atoms with Crippen LogP contribution in [0.1, 0.15) is 24.9 Å². The van der Waals surface area contributed by atoms with Crippen LogP contribution in [0.3, 0.4) is 0 Å². The maximum Gasteiger partial charge on any atom is 0.0447 e. The molecule has 0 radical (unpaired) electrons. The molecule has 0 bridgehead atoms. The molecule has 0 saturated carbocycles. The first kappa shape index (κ1) is 14.7. The summed E-state index contributed by atoms with van der Waals surface area (Å²) < 4.78 is 0. The molecule has 17 heavy (non-hydrogen) atoms. The highest BCUT2D eigenvalue weighted by molar-refractivity contribution is 6.34. The quantitative estimate of drug-likeness (QED) is 0.748. The minimum atomic E-state index is -0.00671. The number of hydrogen-bond donors (Lipinski definition) is 3. The molecule has 1 aromatic rings. The van der Waals surface area contributed by atoms with Crippen molar-refractivity contribution < 1.29 is 5.11 Å². The summed E-state index contributed by atoms with van der Waals surface area (Å²) in [6.45, 7) is 2.61. The molecule has 0 amide bonds. The standard InChI is InChI=1S/C12H18Cl2N2O/c1-8(2-3-17)16-12(7-15)9-4-10(13)6-11(14)5-9/h4-6,8,12,16-17H,2-3,7,15H2,1H3. The van der Waals surface area contributed by atoms with Gasteiger partial charge in [-0.1, -0.05) is 23.2 Å². The van der Waals surface area contributed by atoms with Gasteiger partial charge in [-0.15, -0.1) is 0 Å². The van der Waals surface area contributed by atoms with E-state index in [9.17, 15) is 0 Å². The Balaban J connectivity index is 2.78. The van der Waals surface area contributed by atoms with E-state index in [0.717, 1.165) is 5.56 Å². The molecule has 1 rings (SSSR count). The zero-order chi connectivity index (χ0) is 12.8. The number of halogens is 2. The van der Waals surface area contributed by atoms with E-state index in [4.69, 9.17) is 34.0 Å². The van der Waals surface area contributed by atoms with Crippen LogP contribution < -0.4 is 11.1 Å². The molecule has 0 fully saturated rings. The SMILES string of the molecule is CC(CCO)NC(CN)c1cc(Cl)cc(Cl)c1. The average Bonchev–Trinajstić information content (AvgIpc) is 2.24. The summed E-state index contributed by atoms with van der Waals surface area (Å²) in [4.78, 5) is 0. The molecule has 3 nitrogen and oxygen atoms in total. The number of aliphatic hydroxyl groups excluding tert-OH is 1. The second-order valence-corrected chi connectivity index (χ2v) is 4.94. The molecule has 96 valence electrons. The summed E-state index contributed by atoms with van der Waals surface area (Å²) in [6, 6.07) is 5.57. The molecule has 2 atom stereocenters. The Bertz CT molecular complexity index is 340. The molecule has 0 saturated heterocycles. The largest absolute Gasteiger partial charge is 0.396 e. The van der Waals surface area contributed by atoms with Crippen LogP contribution in [0, 0.1) is 0 Å². The van der Waals surface area contributed by atoms with Gasteiger partial charge in [-0.3, -0.25) is 0 Å². The molecular weight excluding hydrogens is 259 g/mol. The smallest absolute Gasteiger partial charge is 0.0447 e. The number of hydrogen-bond acceptors (Lipinski definition) is 3. The molecule has 0 aromatic heterocycles. The van der Waals surface area contributed by atoms with Crippen LogP contribution in [-0.2, 0) is 0 Å². The minimum absolute atomic E-state index is 0.00671. The molecule has 0 heterocycles. The highest BCUT2D eigenvalue weighted by Crippen LogP contribution is 2.23. The predicted molar refractivity (Wildman–Crippen MR) is 72.6 cm³/mol. The van der Waals surface area contributed by atoms with Crippen molar-refractivity contribution in [2.75, 3.05) is 13.2 Å². The van der Waals surface area contributed by atoms with Crippen molar-refractivity contribution in [3.63, 3.8) is 0 Å². The van der Waals surface area contributed by atoms with Gasteiger partial charge in [-0.2, -0.15) is 0 Å². The third-order valence-corrected chi connectivity index (χ3v) is 3.01. The van der Waals surface area contributed by atoms with Crippen molar-refractivity contribution in [2.45, 2.75) is 25.4 Å². The minimum Gasteiger partial charge on any atom is -0.396 e. The van der Waals surface area contributed by atoms with E-state index in [1.54, 1.807) is 6.07 Å². The van der Waals surface area contributed by atoms with E-state index >= 15 is 0 Å². The molecule has 5 heteroatoms. The fourth-order valence-electron chi connectivity index (χ4n) is 1.70. The first-order valence-electron chi connectivity index (χ1n) is 5.59. The second-order valence-electron chi connectivity index (χ2n) is 4.07. The third-order valence-electron chi connectivity index (χ3n) is 2.57. The fraction of sp³-hybridized carbons (Fsp3) is 0.500. The van der Waals surface area contributed by atoms with E-state index in [0.29, 0.717) is 23.0 Å². The Hall–Kier alpha value is -0.320. The van der Waals surface area contributed by atoms with Crippen molar-refractivity contribution in [3.8, 4) is 0 Å². The first-order valence-corrected chi connectivity index (χ1v) is 6.35. The van der Waals surface area contributed by atoms with Crippen molar-refractivity contribution in [2.24, 2.45) is 5.73 Å². The first-order chi connectivity index (χ1) is 8.06. The van der Waals surface area contributed by atoms with E-state index in [2.05, 4.69) is 5.32 Å². The van der Waals surface area contributed by atoms with Gasteiger partial charge in [-0.05, 0) is 37.1 Å². The average molecular weight is 277 g/mol. The van der Waals surface area contributed by atoms with Gasteiger partial charge in [0.15, 0.2) is 0 Å². The van der Waals surface area contributed by atoms with E-state index in [1.807, 2.05) is 19.1 Å². The molecule has 0 aliphatic heterocycles. The predicted octanol–water partition coefficient (Wildman–Crippen LogP) is 2.35. The summed E-state index contributed by atoms with van der Waals surface area (Å²) in [5.41, 5.74) is 6.71. The lowest BCUT2D eigenvalue weighted by Crippen LogP contribution is -2.35. The lowest BCUT2D eigenvalue weighted by atomic mass is 10.1. The van der Waals surface area contributed by atoms with Gasteiger partial charge in [0.25, 0.3) is 0 Å². The Kier molecular flexibility index (Phi) is 6.23. The van der Waals surface area contributed by atoms with Crippen molar-refractivity contribution in [3.05, 3.63) is 33.8 Å². The monoisotopic (exact) mass is 276 g/mol. The van der Waals surface area contributed by atoms with Gasteiger partial charge < -0.3 is 16.2 Å². The Morgan fingerprint density at radius 2 is 1.88 bits per heavy atom. The Morgan fingerprint density at radius 3 is 2.35 bits per heavy atom. The van der Waals surface area contributed by atoms with Gasteiger partial charge in [0, 0.05) is 35.3 Å². The van der Waals surface area contributed by atoms with Gasteiger partial charge in [0.05, 0.1) is 0 Å². The van der Waals surface area contributed by atoms with Crippen LogP contribution >= 0.6 is 23.2 Å². The summed E-state index contributed by atoms with van der Waals surface area (Å²) in [6.07, 6.45) is 0.685. The molecule has 4 N–H and O–H groups in total. The normalized spacial score (nSPS) is 14.6.